The second-order valence-corrected chi connectivity index (χ2v) is 9.65. The summed E-state index contributed by atoms with van der Waals surface area (Å²) < 4.78 is 52.5. The van der Waals surface area contributed by atoms with Gasteiger partial charge in [-0.05, 0) is 24.3 Å². The molecule has 12 nitrogen and oxygen atoms in total. The van der Waals surface area contributed by atoms with Crippen LogP contribution in [0.3, 0.4) is 0 Å². The molecule has 14 heteroatoms. The number of benzene rings is 2. The molecule has 236 valence electrons. The average molecular weight is 627 g/mol. The maximum atomic E-state index is 15.4. The highest BCUT2D eigenvalue weighted by molar-refractivity contribution is 5.99. The minimum atomic E-state index is -1.12. The molecule has 0 unspecified atom stereocenters. The van der Waals surface area contributed by atoms with Gasteiger partial charge < -0.3 is 29.2 Å². The topological polar surface area (TPSA) is 171 Å². The van der Waals surface area contributed by atoms with Crippen molar-refractivity contribution in [3.8, 4) is 23.0 Å². The lowest BCUT2D eigenvalue weighted by Crippen LogP contribution is -2.09. The average Bonchev–Trinajstić information content (AvgIpc) is 3.03. The molecule has 0 bridgehead atoms. The lowest BCUT2D eigenvalue weighted by molar-refractivity contribution is -0.137. The summed E-state index contributed by atoms with van der Waals surface area (Å²) in [6, 6.07) is 8.09. The van der Waals surface area contributed by atoms with Crippen molar-refractivity contribution in [1.29, 1.82) is 0 Å². The quantitative estimate of drug-likeness (QED) is 0.126. The minimum absolute atomic E-state index is 0.00665. The maximum Gasteiger partial charge on any atom is 0.303 e. The number of carboxylic acids is 2. The third kappa shape index (κ3) is 7.58. The van der Waals surface area contributed by atoms with E-state index in [0.717, 1.165) is 0 Å². The van der Waals surface area contributed by atoms with Crippen LogP contribution in [0.1, 0.15) is 53.1 Å². The van der Waals surface area contributed by atoms with E-state index in [4.69, 9.17) is 29.2 Å². The van der Waals surface area contributed by atoms with E-state index in [1.54, 1.807) is 0 Å². The number of hydrogen-bond donors (Lipinski definition) is 2. The molecule has 0 atom stereocenters. The molecule has 2 heterocycles. The number of Topliss-reactive ketones (excluding diaryl/α,β-unsaturated/α-hetero) is 2. The number of halogens is 2. The van der Waals surface area contributed by atoms with Crippen LogP contribution in [-0.4, -0.2) is 71.1 Å². The third-order valence-corrected chi connectivity index (χ3v) is 6.63. The molecule has 4 rings (SSSR count). The Balaban J connectivity index is 1.43. The molecule has 0 aliphatic carbocycles. The number of ether oxygens (including phenoxy) is 4. The minimum Gasteiger partial charge on any atom is -0.493 e. The number of pyridine rings is 2. The van der Waals surface area contributed by atoms with Crippen molar-refractivity contribution in [3.63, 3.8) is 0 Å². The van der Waals surface area contributed by atoms with Crippen molar-refractivity contribution in [3.05, 3.63) is 59.4 Å². The van der Waals surface area contributed by atoms with Crippen molar-refractivity contribution in [2.75, 3.05) is 27.4 Å². The largest absolute Gasteiger partial charge is 0.493 e. The summed E-state index contributed by atoms with van der Waals surface area (Å²) in [5.74, 6) is -5.18. The Kier molecular flexibility index (Phi) is 10.4. The lowest BCUT2D eigenvalue weighted by atomic mass is 10.1. The van der Waals surface area contributed by atoms with Crippen molar-refractivity contribution < 1.29 is 57.1 Å². The van der Waals surface area contributed by atoms with E-state index in [2.05, 4.69) is 9.97 Å². The highest BCUT2D eigenvalue weighted by Crippen LogP contribution is 2.37. The van der Waals surface area contributed by atoms with Crippen molar-refractivity contribution >= 4 is 45.3 Å². The molecule has 45 heavy (non-hydrogen) atoms. The Morgan fingerprint density at radius 2 is 1.07 bits per heavy atom. The van der Waals surface area contributed by atoms with Crippen LogP contribution >= 0.6 is 0 Å². The van der Waals surface area contributed by atoms with Crippen LogP contribution in [0.25, 0.3) is 21.8 Å². The SMILES string of the molecule is COc1cc2nc(C(=O)CCC(=O)O)ccc2c(F)c1OCCCOc1c(OC)cc2nc(C(=O)CCC(=O)O)ccc2c1F. The molecule has 0 saturated carbocycles. The Hall–Kier alpha value is -5.40. The van der Waals surface area contributed by atoms with Crippen LogP contribution in [0, 0.1) is 11.6 Å². The molecule has 0 radical (unpaired) electrons. The molecule has 0 spiro atoms. The summed E-state index contributed by atoms with van der Waals surface area (Å²) in [4.78, 5) is 54.3. The van der Waals surface area contributed by atoms with Crippen LogP contribution in [0.2, 0.25) is 0 Å². The number of fused-ring (bicyclic) bond motifs is 2. The van der Waals surface area contributed by atoms with Crippen molar-refractivity contribution in [2.45, 2.75) is 32.1 Å². The first kappa shape index (κ1) is 32.5. The molecule has 0 fully saturated rings. The summed E-state index contributed by atoms with van der Waals surface area (Å²) in [5, 5.41) is 17.7. The van der Waals surface area contributed by atoms with E-state index < -0.39 is 35.1 Å². The Labute approximate surface area is 254 Å². The van der Waals surface area contributed by atoms with Gasteiger partial charge in [-0.1, -0.05) is 0 Å². The molecule has 0 aliphatic rings. The predicted molar refractivity (Wildman–Crippen MR) is 155 cm³/mol. The molecule has 4 aromatic rings. The smallest absolute Gasteiger partial charge is 0.303 e. The molecule has 2 aromatic carbocycles. The van der Waals surface area contributed by atoms with Gasteiger partial charge in [0, 0.05) is 42.2 Å². The van der Waals surface area contributed by atoms with E-state index in [9.17, 15) is 19.2 Å². The van der Waals surface area contributed by atoms with Gasteiger partial charge in [0.1, 0.15) is 11.4 Å². The summed E-state index contributed by atoms with van der Waals surface area (Å²) >= 11 is 0. The third-order valence-electron chi connectivity index (χ3n) is 6.63. The van der Waals surface area contributed by atoms with Gasteiger partial charge in [0.2, 0.25) is 0 Å². The van der Waals surface area contributed by atoms with E-state index in [-0.39, 0.29) is 102 Å². The van der Waals surface area contributed by atoms with Gasteiger partial charge in [-0.2, -0.15) is 0 Å². The summed E-state index contributed by atoms with van der Waals surface area (Å²) in [6.45, 7) is -0.113. The zero-order chi connectivity index (χ0) is 32.7. The van der Waals surface area contributed by atoms with E-state index in [1.165, 1.54) is 50.6 Å². The molecule has 2 N–H and O–H groups in total. The molecule has 2 aromatic heterocycles. The number of carbonyl (C=O) groups excluding carboxylic acids is 2. The van der Waals surface area contributed by atoms with Gasteiger partial charge in [0.05, 0.1) is 51.3 Å². The van der Waals surface area contributed by atoms with Gasteiger partial charge in [-0.25, -0.2) is 18.7 Å². The van der Waals surface area contributed by atoms with Crippen molar-refractivity contribution in [1.82, 2.24) is 9.97 Å². The first-order valence-electron chi connectivity index (χ1n) is 13.6. The highest BCUT2D eigenvalue weighted by Gasteiger charge is 2.21. The van der Waals surface area contributed by atoms with Gasteiger partial charge in [-0.15, -0.1) is 0 Å². The Bertz CT molecular complexity index is 1670. The molecular weight excluding hydrogens is 598 g/mol. The van der Waals surface area contributed by atoms with Gasteiger partial charge in [0.25, 0.3) is 0 Å². The maximum absolute atomic E-state index is 15.4. The Morgan fingerprint density at radius 1 is 0.667 bits per heavy atom. The fourth-order valence-electron chi connectivity index (χ4n) is 4.37. The van der Waals surface area contributed by atoms with Gasteiger partial charge >= 0.3 is 11.9 Å². The molecule has 0 amide bonds. The first-order valence-corrected chi connectivity index (χ1v) is 13.6. The van der Waals surface area contributed by atoms with Crippen LogP contribution in [-0.2, 0) is 9.59 Å². The number of methoxy groups -OCH3 is 2. The zero-order valence-corrected chi connectivity index (χ0v) is 24.2. The molecule has 0 aliphatic heterocycles. The first-order chi connectivity index (χ1) is 21.5. The number of aromatic nitrogens is 2. The van der Waals surface area contributed by atoms with E-state index >= 15 is 8.78 Å². The van der Waals surface area contributed by atoms with Gasteiger partial charge in [0.15, 0.2) is 46.2 Å². The number of aliphatic carboxylic acids is 2. The normalized spacial score (nSPS) is 10.9. The highest BCUT2D eigenvalue weighted by atomic mass is 19.1. The fraction of sp³-hybridized carbons (Fsp3) is 0.290. The van der Waals surface area contributed by atoms with Gasteiger partial charge in [-0.3, -0.25) is 19.2 Å². The van der Waals surface area contributed by atoms with Crippen LogP contribution < -0.4 is 18.9 Å². The zero-order valence-electron chi connectivity index (χ0n) is 24.2. The van der Waals surface area contributed by atoms with Crippen LogP contribution in [0.4, 0.5) is 8.78 Å². The molecular formula is C31H28F2N2O10. The Morgan fingerprint density at radius 3 is 1.42 bits per heavy atom. The summed E-state index contributed by atoms with van der Waals surface area (Å²) in [5.41, 5.74) is 0.221. The molecule has 0 saturated heterocycles. The number of nitrogens with zero attached hydrogens (tertiary/aromatic N) is 2. The number of ketones is 2. The standard InChI is InChI=1S/C31H28F2N2O10/c1-42-24-14-20-16(4-6-18(34-20)22(36)8-10-26(38)39)28(32)30(24)44-12-3-13-45-31-25(43-2)15-21-17(29(31)33)5-7-19(35-21)23(37)9-11-27(40)41/h4-7,14-15H,3,8-13H2,1-2H3,(H,38,39)(H,40,41). The summed E-state index contributed by atoms with van der Waals surface area (Å²) in [7, 11) is 2.61. The van der Waals surface area contributed by atoms with E-state index in [1.807, 2.05) is 0 Å². The predicted octanol–water partition coefficient (Wildman–Crippen LogP) is 5.02. The van der Waals surface area contributed by atoms with Crippen LogP contribution in [0.15, 0.2) is 36.4 Å². The number of hydrogen-bond acceptors (Lipinski definition) is 10. The fourth-order valence-corrected chi connectivity index (χ4v) is 4.37. The lowest BCUT2D eigenvalue weighted by Gasteiger charge is -2.15. The monoisotopic (exact) mass is 626 g/mol. The van der Waals surface area contributed by atoms with Crippen molar-refractivity contribution in [2.24, 2.45) is 0 Å². The number of rotatable bonds is 16. The van der Waals surface area contributed by atoms with Crippen LogP contribution in [0.5, 0.6) is 23.0 Å². The number of carboxylic acid groups (broad SMARTS) is 2. The number of carbonyl (C=O) groups is 4. The second kappa shape index (κ2) is 14.4. The summed E-state index contributed by atoms with van der Waals surface area (Å²) in [6.07, 6.45) is -1.02. The van der Waals surface area contributed by atoms with E-state index in [0.29, 0.717) is 0 Å². The second-order valence-electron chi connectivity index (χ2n) is 9.65.